The number of fused-ring (bicyclic) bond motifs is 1. The number of carbonyl (C=O) groups is 2. The Labute approximate surface area is 158 Å². The van der Waals surface area contributed by atoms with Crippen molar-refractivity contribution >= 4 is 28.5 Å². The third-order valence-electron chi connectivity index (χ3n) is 4.44. The Morgan fingerprint density at radius 1 is 1.15 bits per heavy atom. The van der Waals surface area contributed by atoms with E-state index < -0.39 is 11.9 Å². The first-order valence-electron chi connectivity index (χ1n) is 8.80. The second kappa shape index (κ2) is 8.62. The highest BCUT2D eigenvalue weighted by molar-refractivity contribution is 6.00. The van der Waals surface area contributed by atoms with E-state index in [0.717, 1.165) is 28.2 Å². The quantitative estimate of drug-likeness (QED) is 0.592. The molecule has 0 aliphatic heterocycles. The average Bonchev–Trinajstić information content (AvgIpc) is 2.84. The van der Waals surface area contributed by atoms with Crippen molar-refractivity contribution < 1.29 is 23.8 Å². The summed E-state index contributed by atoms with van der Waals surface area (Å²) in [5, 5.41) is 4.03. The van der Waals surface area contributed by atoms with Crippen molar-refractivity contribution in [3.63, 3.8) is 0 Å². The number of anilines is 1. The first kappa shape index (κ1) is 20.4. The van der Waals surface area contributed by atoms with Crippen LogP contribution in [0.3, 0.4) is 0 Å². The van der Waals surface area contributed by atoms with Crippen LogP contribution in [0.15, 0.2) is 23.9 Å². The van der Waals surface area contributed by atoms with Gasteiger partial charge in [0.1, 0.15) is 11.4 Å². The summed E-state index contributed by atoms with van der Waals surface area (Å²) in [6.45, 7) is 7.88. The molecule has 1 aromatic carbocycles. The Kier molecular flexibility index (Phi) is 6.50. The normalized spacial score (nSPS) is 11.4. The molecule has 1 heterocycles. The number of hydrogen-bond acceptors (Lipinski definition) is 6. The number of aryl methyl sites for hydroxylation is 2. The van der Waals surface area contributed by atoms with Crippen LogP contribution in [0.5, 0.6) is 5.75 Å². The van der Waals surface area contributed by atoms with Crippen LogP contribution in [0.4, 0.5) is 5.69 Å². The summed E-state index contributed by atoms with van der Waals surface area (Å²) in [6.07, 6.45) is 1.09. The molecular formula is C20H26N2O5. The lowest BCUT2D eigenvalue weighted by atomic mass is 10.1. The van der Waals surface area contributed by atoms with E-state index in [1.165, 1.54) is 0 Å². The number of methoxy groups -OCH3 is 1. The molecule has 0 spiro atoms. The van der Waals surface area contributed by atoms with Gasteiger partial charge in [-0.2, -0.15) is 0 Å². The van der Waals surface area contributed by atoms with Crippen LogP contribution in [0, 0.1) is 13.8 Å². The molecule has 2 aromatic rings. The fourth-order valence-corrected chi connectivity index (χ4v) is 2.84. The zero-order valence-electron chi connectivity index (χ0n) is 16.6. The van der Waals surface area contributed by atoms with E-state index in [1.54, 1.807) is 21.0 Å². The van der Waals surface area contributed by atoms with Crippen LogP contribution >= 0.6 is 0 Å². The summed E-state index contributed by atoms with van der Waals surface area (Å²) in [7, 11) is 3.53. The molecule has 0 fully saturated rings. The molecular weight excluding hydrogens is 348 g/mol. The van der Waals surface area contributed by atoms with Gasteiger partial charge in [0.25, 0.3) is 0 Å². The van der Waals surface area contributed by atoms with Crippen molar-refractivity contribution in [2.75, 3.05) is 25.6 Å². The van der Waals surface area contributed by atoms with E-state index in [1.807, 2.05) is 26.1 Å². The fourth-order valence-electron chi connectivity index (χ4n) is 2.84. The van der Waals surface area contributed by atoms with Crippen LogP contribution in [0.1, 0.15) is 25.1 Å². The Morgan fingerprint density at radius 3 is 2.41 bits per heavy atom. The Bertz CT molecular complexity index is 896. The van der Waals surface area contributed by atoms with Gasteiger partial charge in [0.05, 0.1) is 37.6 Å². The van der Waals surface area contributed by atoms with Gasteiger partial charge in [0.2, 0.25) is 0 Å². The maximum Gasteiger partial charge on any atom is 0.355 e. The van der Waals surface area contributed by atoms with Crippen molar-refractivity contribution in [3.8, 4) is 5.75 Å². The topological polar surface area (TPSA) is 78.8 Å². The average molecular weight is 374 g/mol. The molecule has 0 aliphatic rings. The van der Waals surface area contributed by atoms with Crippen LogP contribution < -0.4 is 10.1 Å². The van der Waals surface area contributed by atoms with Crippen molar-refractivity contribution in [2.24, 2.45) is 7.05 Å². The van der Waals surface area contributed by atoms with Crippen molar-refractivity contribution in [2.45, 2.75) is 27.7 Å². The summed E-state index contributed by atoms with van der Waals surface area (Å²) < 4.78 is 17.5. The van der Waals surface area contributed by atoms with Gasteiger partial charge in [-0.05, 0) is 45.4 Å². The van der Waals surface area contributed by atoms with Crippen LogP contribution in [0.25, 0.3) is 10.9 Å². The molecule has 0 aliphatic carbocycles. The number of ether oxygens (including phenoxy) is 3. The molecule has 0 bridgehead atoms. The predicted octanol–water partition coefficient (Wildman–Crippen LogP) is 3.23. The number of aromatic nitrogens is 1. The molecule has 7 nitrogen and oxygen atoms in total. The number of benzene rings is 1. The minimum Gasteiger partial charge on any atom is -0.495 e. The number of nitrogens with zero attached hydrogens (tertiary/aromatic N) is 1. The summed E-state index contributed by atoms with van der Waals surface area (Å²) in [5.41, 5.74) is 3.80. The molecule has 0 atom stereocenters. The summed E-state index contributed by atoms with van der Waals surface area (Å²) in [4.78, 5) is 24.1. The molecule has 1 aromatic heterocycles. The summed E-state index contributed by atoms with van der Waals surface area (Å²) in [6, 6.07) is 3.79. The Balaban J connectivity index is 2.53. The second-order valence-corrected chi connectivity index (χ2v) is 5.99. The first-order chi connectivity index (χ1) is 12.8. The van der Waals surface area contributed by atoms with Gasteiger partial charge in [0, 0.05) is 18.1 Å². The van der Waals surface area contributed by atoms with Crippen LogP contribution in [0.2, 0.25) is 0 Å². The SMILES string of the molecule is CCOC(=O)C=C(Nc1cc2c(cc1OC)c(C)c(C)n2C)C(=O)OCC. The number of hydrogen-bond donors (Lipinski definition) is 1. The molecule has 146 valence electrons. The van der Waals surface area contributed by atoms with E-state index in [9.17, 15) is 9.59 Å². The summed E-state index contributed by atoms with van der Waals surface area (Å²) in [5.74, 6) is -0.721. The van der Waals surface area contributed by atoms with Gasteiger partial charge >= 0.3 is 11.9 Å². The van der Waals surface area contributed by atoms with Gasteiger partial charge in [0.15, 0.2) is 0 Å². The number of esters is 2. The Morgan fingerprint density at radius 2 is 1.81 bits per heavy atom. The molecule has 1 N–H and O–H groups in total. The van der Waals surface area contributed by atoms with E-state index >= 15 is 0 Å². The number of carbonyl (C=O) groups excluding carboxylic acids is 2. The van der Waals surface area contributed by atoms with Crippen LogP contribution in [-0.2, 0) is 26.1 Å². The van der Waals surface area contributed by atoms with Gasteiger partial charge in [-0.3, -0.25) is 0 Å². The lowest BCUT2D eigenvalue weighted by molar-refractivity contribution is -0.140. The monoisotopic (exact) mass is 374 g/mol. The predicted molar refractivity (Wildman–Crippen MR) is 104 cm³/mol. The molecule has 0 radical (unpaired) electrons. The van der Waals surface area contributed by atoms with Crippen molar-refractivity contribution in [3.05, 3.63) is 35.2 Å². The lowest BCUT2D eigenvalue weighted by Gasteiger charge is -2.14. The molecule has 0 unspecified atom stereocenters. The molecule has 7 heteroatoms. The molecule has 2 rings (SSSR count). The van der Waals surface area contributed by atoms with Gasteiger partial charge < -0.3 is 24.1 Å². The van der Waals surface area contributed by atoms with E-state index in [-0.39, 0.29) is 18.9 Å². The minimum atomic E-state index is -0.646. The van der Waals surface area contributed by atoms with Gasteiger partial charge in [-0.25, -0.2) is 9.59 Å². The standard InChI is InChI=1S/C20H26N2O5/c1-7-26-19(23)11-16(20(24)27-8-2)21-15-10-17-14(9-18(15)25-6)12(3)13(4)22(17)5/h9-11,21H,7-8H2,1-6H3. The smallest absolute Gasteiger partial charge is 0.355 e. The second-order valence-electron chi connectivity index (χ2n) is 5.99. The molecule has 27 heavy (non-hydrogen) atoms. The van der Waals surface area contributed by atoms with Crippen LogP contribution in [-0.4, -0.2) is 36.8 Å². The molecule has 0 saturated heterocycles. The van der Waals surface area contributed by atoms with Crippen molar-refractivity contribution in [1.82, 2.24) is 4.57 Å². The third kappa shape index (κ3) is 4.24. The number of nitrogens with one attached hydrogen (secondary N) is 1. The minimum absolute atomic E-state index is 0.0180. The van der Waals surface area contributed by atoms with E-state index in [0.29, 0.717) is 11.4 Å². The molecule has 0 saturated carbocycles. The zero-order chi connectivity index (χ0) is 20.1. The fraction of sp³-hybridized carbons (Fsp3) is 0.400. The highest BCUT2D eigenvalue weighted by atomic mass is 16.5. The summed E-state index contributed by atoms with van der Waals surface area (Å²) >= 11 is 0. The van der Waals surface area contributed by atoms with E-state index in [4.69, 9.17) is 14.2 Å². The zero-order valence-corrected chi connectivity index (χ0v) is 16.6. The van der Waals surface area contributed by atoms with Gasteiger partial charge in [-0.15, -0.1) is 0 Å². The highest BCUT2D eigenvalue weighted by Crippen LogP contribution is 2.35. The highest BCUT2D eigenvalue weighted by Gasteiger charge is 2.18. The van der Waals surface area contributed by atoms with E-state index in [2.05, 4.69) is 16.8 Å². The first-order valence-corrected chi connectivity index (χ1v) is 8.80. The largest absolute Gasteiger partial charge is 0.495 e. The van der Waals surface area contributed by atoms with Crippen molar-refractivity contribution in [1.29, 1.82) is 0 Å². The third-order valence-corrected chi connectivity index (χ3v) is 4.44. The molecule has 0 amide bonds. The maximum atomic E-state index is 12.3. The lowest BCUT2D eigenvalue weighted by Crippen LogP contribution is -2.17. The maximum absolute atomic E-state index is 12.3. The Hall–Kier alpha value is -2.96. The number of rotatable bonds is 7. The van der Waals surface area contributed by atoms with Gasteiger partial charge in [-0.1, -0.05) is 0 Å².